The van der Waals surface area contributed by atoms with E-state index in [0.717, 1.165) is 31.9 Å². The summed E-state index contributed by atoms with van der Waals surface area (Å²) in [5.74, 6) is 0.806. The zero-order valence-corrected chi connectivity index (χ0v) is 19.2. The first-order valence-electron chi connectivity index (χ1n) is 8.24. The average molecular weight is 468 g/mol. The molecule has 0 bridgehead atoms. The van der Waals surface area contributed by atoms with E-state index in [2.05, 4.69) is 55.2 Å². The molecule has 0 aliphatic heterocycles. The summed E-state index contributed by atoms with van der Waals surface area (Å²) < 4.78 is 5.56. The van der Waals surface area contributed by atoms with E-state index in [0.29, 0.717) is 0 Å². The molecule has 0 radical (unpaired) electrons. The molecule has 0 aliphatic rings. The summed E-state index contributed by atoms with van der Waals surface area (Å²) in [4.78, 5) is 10.3. The molecule has 1 atom stereocenters. The topological polar surface area (TPSA) is 58.5 Å². The first kappa shape index (κ1) is 23.6. The van der Waals surface area contributed by atoms with Gasteiger partial charge < -0.3 is 15.4 Å². The maximum absolute atomic E-state index is 5.56. The Morgan fingerprint density at radius 2 is 2.00 bits per heavy atom. The van der Waals surface area contributed by atoms with Crippen molar-refractivity contribution in [2.75, 3.05) is 27.2 Å². The van der Waals surface area contributed by atoms with Crippen molar-refractivity contribution < 1.29 is 4.74 Å². The van der Waals surface area contributed by atoms with Gasteiger partial charge in [-0.05, 0) is 18.8 Å². The molecule has 1 aromatic rings. The number of guanidine groups is 1. The SMILES string of the molecule is CCc1nc(CCNC(=NC)NCC(OC)C(C)(C)C)sc1C.I. The molecule has 0 saturated carbocycles. The summed E-state index contributed by atoms with van der Waals surface area (Å²) in [5.41, 5.74) is 1.32. The zero-order valence-electron chi connectivity index (χ0n) is 16.0. The van der Waals surface area contributed by atoms with Crippen LogP contribution in [-0.2, 0) is 17.6 Å². The number of thiazole rings is 1. The van der Waals surface area contributed by atoms with E-state index in [4.69, 9.17) is 4.74 Å². The molecule has 7 heteroatoms. The zero-order chi connectivity index (χ0) is 17.5. The minimum Gasteiger partial charge on any atom is -0.379 e. The van der Waals surface area contributed by atoms with Gasteiger partial charge in [0.15, 0.2) is 5.96 Å². The van der Waals surface area contributed by atoms with Crippen LogP contribution in [0.4, 0.5) is 0 Å². The molecule has 1 rings (SSSR count). The molecular weight excluding hydrogens is 435 g/mol. The normalized spacial score (nSPS) is 13.4. The number of hydrogen-bond acceptors (Lipinski definition) is 4. The number of aliphatic imine (C=N–C) groups is 1. The fraction of sp³-hybridized carbons (Fsp3) is 0.765. The lowest BCUT2D eigenvalue weighted by molar-refractivity contribution is 0.0205. The Balaban J connectivity index is 0.00000529. The Bertz CT molecular complexity index is 511. The number of nitrogens with one attached hydrogen (secondary N) is 2. The maximum atomic E-state index is 5.56. The van der Waals surface area contributed by atoms with Crippen molar-refractivity contribution >= 4 is 41.3 Å². The Kier molecular flexibility index (Phi) is 11.1. The third kappa shape index (κ3) is 7.65. The van der Waals surface area contributed by atoms with Crippen molar-refractivity contribution in [3.05, 3.63) is 15.6 Å². The van der Waals surface area contributed by atoms with Crippen molar-refractivity contribution in [1.82, 2.24) is 15.6 Å². The van der Waals surface area contributed by atoms with E-state index < -0.39 is 0 Å². The van der Waals surface area contributed by atoms with Crippen LogP contribution < -0.4 is 10.6 Å². The number of nitrogens with zero attached hydrogens (tertiary/aromatic N) is 2. The summed E-state index contributed by atoms with van der Waals surface area (Å²) >= 11 is 1.79. The first-order chi connectivity index (χ1) is 10.8. The van der Waals surface area contributed by atoms with Crippen molar-refractivity contribution in [1.29, 1.82) is 0 Å². The molecule has 1 heterocycles. The highest BCUT2D eigenvalue weighted by Crippen LogP contribution is 2.21. The molecule has 0 spiro atoms. The van der Waals surface area contributed by atoms with Crippen LogP contribution in [0.2, 0.25) is 0 Å². The minimum atomic E-state index is 0. The molecule has 0 fully saturated rings. The van der Waals surface area contributed by atoms with Gasteiger partial charge >= 0.3 is 0 Å². The molecule has 0 saturated heterocycles. The van der Waals surface area contributed by atoms with E-state index in [9.17, 15) is 0 Å². The monoisotopic (exact) mass is 468 g/mol. The first-order valence-corrected chi connectivity index (χ1v) is 9.05. The van der Waals surface area contributed by atoms with Crippen LogP contribution in [0.15, 0.2) is 4.99 Å². The highest BCUT2D eigenvalue weighted by Gasteiger charge is 2.24. The lowest BCUT2D eigenvalue weighted by atomic mass is 9.89. The van der Waals surface area contributed by atoms with Gasteiger partial charge in [-0.2, -0.15) is 0 Å². The Morgan fingerprint density at radius 1 is 1.33 bits per heavy atom. The van der Waals surface area contributed by atoms with Gasteiger partial charge in [0.25, 0.3) is 0 Å². The van der Waals surface area contributed by atoms with Crippen molar-refractivity contribution in [2.24, 2.45) is 10.4 Å². The molecule has 2 N–H and O–H groups in total. The second-order valence-electron chi connectivity index (χ2n) is 6.68. The smallest absolute Gasteiger partial charge is 0.191 e. The van der Waals surface area contributed by atoms with E-state index >= 15 is 0 Å². The van der Waals surface area contributed by atoms with Crippen LogP contribution >= 0.6 is 35.3 Å². The summed E-state index contributed by atoms with van der Waals surface area (Å²) in [7, 11) is 3.54. The molecule has 140 valence electrons. The van der Waals surface area contributed by atoms with Crippen molar-refractivity contribution in [3.8, 4) is 0 Å². The lowest BCUT2D eigenvalue weighted by Crippen LogP contribution is -2.45. The fourth-order valence-corrected chi connectivity index (χ4v) is 3.38. The molecule has 5 nitrogen and oxygen atoms in total. The van der Waals surface area contributed by atoms with Crippen LogP contribution in [-0.4, -0.2) is 44.3 Å². The summed E-state index contributed by atoms with van der Waals surface area (Å²) in [5, 5.41) is 7.87. The van der Waals surface area contributed by atoms with Crippen LogP contribution in [0.5, 0.6) is 0 Å². The summed E-state index contributed by atoms with van der Waals surface area (Å²) in [6.45, 7) is 12.4. The number of methoxy groups -OCH3 is 1. The fourth-order valence-electron chi connectivity index (χ4n) is 2.36. The number of aryl methyl sites for hydroxylation is 2. The molecule has 0 amide bonds. The molecule has 1 unspecified atom stereocenters. The predicted molar refractivity (Wildman–Crippen MR) is 115 cm³/mol. The summed E-state index contributed by atoms with van der Waals surface area (Å²) in [6, 6.07) is 0. The van der Waals surface area contributed by atoms with Gasteiger partial charge in [-0.1, -0.05) is 27.7 Å². The molecule has 0 aliphatic carbocycles. The van der Waals surface area contributed by atoms with Gasteiger partial charge in [0.1, 0.15) is 0 Å². The number of ether oxygens (including phenoxy) is 1. The number of halogens is 1. The Morgan fingerprint density at radius 3 is 2.46 bits per heavy atom. The third-order valence-corrected chi connectivity index (χ3v) is 4.90. The molecule has 24 heavy (non-hydrogen) atoms. The second-order valence-corrected chi connectivity index (χ2v) is 7.97. The number of hydrogen-bond donors (Lipinski definition) is 2. The standard InChI is InChI=1S/C17H32N4OS.HI/c1-8-13-12(2)23-15(21-13)9-10-19-16(18-6)20-11-14(22-7)17(3,4)5;/h14H,8-11H2,1-7H3,(H2,18,19,20);1H. The van der Waals surface area contributed by atoms with Gasteiger partial charge in [0, 0.05) is 38.5 Å². The third-order valence-electron chi connectivity index (χ3n) is 3.83. The largest absolute Gasteiger partial charge is 0.379 e. The highest BCUT2D eigenvalue weighted by atomic mass is 127. The average Bonchev–Trinajstić information content (AvgIpc) is 2.84. The molecular formula is C17H33IN4OS. The quantitative estimate of drug-likeness (QED) is 0.366. The van der Waals surface area contributed by atoms with Gasteiger partial charge in [0.2, 0.25) is 0 Å². The van der Waals surface area contributed by atoms with Gasteiger partial charge in [-0.25, -0.2) is 4.98 Å². The minimum absolute atomic E-state index is 0. The second kappa shape index (κ2) is 11.3. The van der Waals surface area contributed by atoms with Crippen molar-refractivity contribution in [3.63, 3.8) is 0 Å². The maximum Gasteiger partial charge on any atom is 0.191 e. The van der Waals surface area contributed by atoms with Gasteiger partial charge in [-0.15, -0.1) is 35.3 Å². The van der Waals surface area contributed by atoms with Crippen LogP contribution in [0.25, 0.3) is 0 Å². The number of aromatic nitrogens is 1. The van der Waals surface area contributed by atoms with E-state index in [1.54, 1.807) is 25.5 Å². The van der Waals surface area contributed by atoms with Crippen LogP contribution in [0.1, 0.15) is 43.3 Å². The Hall–Kier alpha value is -0.410. The lowest BCUT2D eigenvalue weighted by Gasteiger charge is -2.30. The predicted octanol–water partition coefficient (Wildman–Crippen LogP) is 3.40. The Labute approximate surface area is 168 Å². The highest BCUT2D eigenvalue weighted by molar-refractivity contribution is 14.0. The van der Waals surface area contributed by atoms with E-state index in [1.165, 1.54) is 15.6 Å². The van der Waals surface area contributed by atoms with E-state index in [-0.39, 0.29) is 35.5 Å². The molecule has 0 aromatic carbocycles. The molecule has 1 aromatic heterocycles. The van der Waals surface area contributed by atoms with Gasteiger partial charge in [-0.3, -0.25) is 4.99 Å². The van der Waals surface area contributed by atoms with Crippen molar-refractivity contribution in [2.45, 2.75) is 53.6 Å². The van der Waals surface area contributed by atoms with E-state index in [1.807, 2.05) is 0 Å². The summed E-state index contributed by atoms with van der Waals surface area (Å²) in [6.07, 6.45) is 2.05. The van der Waals surface area contributed by atoms with Crippen LogP contribution in [0, 0.1) is 12.3 Å². The number of rotatable bonds is 7. The van der Waals surface area contributed by atoms with Gasteiger partial charge in [0.05, 0.1) is 16.8 Å². The van der Waals surface area contributed by atoms with Crippen LogP contribution in [0.3, 0.4) is 0 Å².